The normalized spacial score (nSPS) is 14.4. The zero-order valence-corrected chi connectivity index (χ0v) is 13.5. The highest BCUT2D eigenvalue weighted by Crippen LogP contribution is 2.25. The van der Waals surface area contributed by atoms with Gasteiger partial charge in [0.1, 0.15) is 5.75 Å². The number of rotatable bonds is 4. The highest BCUT2D eigenvalue weighted by atomic mass is 16.5. The molecule has 1 aromatic heterocycles. The van der Waals surface area contributed by atoms with E-state index in [-0.39, 0.29) is 5.91 Å². The van der Waals surface area contributed by atoms with Crippen LogP contribution in [0.3, 0.4) is 0 Å². The average molecular weight is 321 g/mol. The summed E-state index contributed by atoms with van der Waals surface area (Å²) in [7, 11) is 1.93. The average Bonchev–Trinajstić information content (AvgIpc) is 2.92. The number of amides is 1. The molecule has 1 N–H and O–H groups in total. The molecule has 3 aromatic rings. The van der Waals surface area contributed by atoms with Gasteiger partial charge in [0.15, 0.2) is 0 Å². The minimum Gasteiger partial charge on any atom is -0.490 e. The summed E-state index contributed by atoms with van der Waals surface area (Å²) < 4.78 is 7.74. The third-order valence-electron chi connectivity index (χ3n) is 4.45. The number of imidazole rings is 1. The van der Waals surface area contributed by atoms with Gasteiger partial charge in [-0.25, -0.2) is 4.98 Å². The van der Waals surface area contributed by atoms with Crippen molar-refractivity contribution < 1.29 is 9.53 Å². The number of benzene rings is 2. The molecule has 24 heavy (non-hydrogen) atoms. The van der Waals surface area contributed by atoms with Crippen LogP contribution in [0.25, 0.3) is 11.0 Å². The predicted octanol–water partition coefficient (Wildman–Crippen LogP) is 3.76. The summed E-state index contributed by atoms with van der Waals surface area (Å²) in [5.74, 6) is 0.694. The molecule has 1 aliphatic carbocycles. The van der Waals surface area contributed by atoms with Crippen LogP contribution in [-0.4, -0.2) is 21.6 Å². The summed E-state index contributed by atoms with van der Waals surface area (Å²) in [5, 5.41) is 2.93. The van der Waals surface area contributed by atoms with E-state index in [2.05, 4.69) is 10.3 Å². The van der Waals surface area contributed by atoms with Crippen molar-refractivity contribution in [3.8, 4) is 5.75 Å². The molecule has 1 heterocycles. The number of anilines is 1. The monoisotopic (exact) mass is 321 g/mol. The van der Waals surface area contributed by atoms with Gasteiger partial charge in [-0.1, -0.05) is 0 Å². The fourth-order valence-electron chi connectivity index (χ4n) is 2.77. The van der Waals surface area contributed by atoms with Crippen molar-refractivity contribution in [1.82, 2.24) is 9.55 Å². The van der Waals surface area contributed by atoms with Crippen LogP contribution < -0.4 is 10.1 Å². The largest absolute Gasteiger partial charge is 0.490 e. The predicted molar refractivity (Wildman–Crippen MR) is 93.4 cm³/mol. The summed E-state index contributed by atoms with van der Waals surface area (Å²) in [6, 6.07) is 13.0. The second kappa shape index (κ2) is 6.00. The van der Waals surface area contributed by atoms with E-state index in [1.54, 1.807) is 18.5 Å². The maximum atomic E-state index is 12.4. The lowest BCUT2D eigenvalue weighted by Crippen LogP contribution is -2.24. The molecule has 122 valence electrons. The van der Waals surface area contributed by atoms with Gasteiger partial charge in [0.2, 0.25) is 0 Å². The Morgan fingerprint density at radius 2 is 2.00 bits per heavy atom. The highest BCUT2D eigenvalue weighted by molar-refractivity contribution is 6.05. The van der Waals surface area contributed by atoms with Crippen LogP contribution in [0.15, 0.2) is 48.8 Å². The van der Waals surface area contributed by atoms with E-state index in [0.717, 1.165) is 35.3 Å². The summed E-state index contributed by atoms with van der Waals surface area (Å²) in [4.78, 5) is 16.7. The summed E-state index contributed by atoms with van der Waals surface area (Å²) in [6.07, 6.45) is 5.59. The van der Waals surface area contributed by atoms with Crippen LogP contribution in [0.5, 0.6) is 5.75 Å². The Balaban J connectivity index is 1.46. The van der Waals surface area contributed by atoms with Crippen molar-refractivity contribution in [3.63, 3.8) is 0 Å². The molecular weight excluding hydrogens is 302 g/mol. The van der Waals surface area contributed by atoms with Gasteiger partial charge in [0.05, 0.1) is 23.5 Å². The number of hydrogen-bond donors (Lipinski definition) is 1. The molecule has 1 aliphatic rings. The molecule has 0 aliphatic heterocycles. The minimum absolute atomic E-state index is 0.133. The van der Waals surface area contributed by atoms with Crippen molar-refractivity contribution in [3.05, 3.63) is 54.4 Å². The first-order valence-electron chi connectivity index (χ1n) is 8.18. The molecule has 1 amide bonds. The first-order chi connectivity index (χ1) is 11.7. The number of aromatic nitrogens is 2. The fraction of sp³-hybridized carbons (Fsp3) is 0.263. The smallest absolute Gasteiger partial charge is 0.255 e. The second-order valence-corrected chi connectivity index (χ2v) is 6.21. The van der Waals surface area contributed by atoms with Crippen molar-refractivity contribution in [2.75, 3.05) is 5.32 Å². The van der Waals surface area contributed by atoms with Gasteiger partial charge in [-0.2, -0.15) is 0 Å². The van der Waals surface area contributed by atoms with Crippen LogP contribution in [-0.2, 0) is 7.05 Å². The van der Waals surface area contributed by atoms with Crippen molar-refractivity contribution >= 4 is 22.6 Å². The van der Waals surface area contributed by atoms with Crippen molar-refractivity contribution in [2.45, 2.75) is 25.4 Å². The van der Waals surface area contributed by atoms with E-state index in [9.17, 15) is 4.79 Å². The number of aryl methyl sites for hydroxylation is 1. The quantitative estimate of drug-likeness (QED) is 0.796. The number of carbonyl (C=O) groups excluding carboxylic acids is 1. The van der Waals surface area contributed by atoms with Crippen LogP contribution in [0.1, 0.15) is 29.6 Å². The molecular formula is C19H19N3O2. The lowest BCUT2D eigenvalue weighted by molar-refractivity contribution is 0.102. The van der Waals surface area contributed by atoms with E-state index in [1.807, 2.05) is 41.9 Å². The number of ether oxygens (including phenoxy) is 1. The number of carbonyl (C=O) groups is 1. The molecule has 2 aromatic carbocycles. The van der Waals surface area contributed by atoms with Gasteiger partial charge in [-0.05, 0) is 61.7 Å². The van der Waals surface area contributed by atoms with E-state index in [1.165, 1.54) is 6.42 Å². The molecule has 4 rings (SSSR count). The van der Waals surface area contributed by atoms with Crippen LogP contribution >= 0.6 is 0 Å². The molecule has 0 spiro atoms. The summed E-state index contributed by atoms with van der Waals surface area (Å²) in [5.41, 5.74) is 3.26. The Morgan fingerprint density at radius 1 is 1.21 bits per heavy atom. The minimum atomic E-state index is -0.133. The van der Waals surface area contributed by atoms with Crippen LogP contribution in [0.4, 0.5) is 5.69 Å². The summed E-state index contributed by atoms with van der Waals surface area (Å²) in [6.45, 7) is 0. The molecule has 0 radical (unpaired) electrons. The van der Waals surface area contributed by atoms with Gasteiger partial charge in [0, 0.05) is 18.3 Å². The zero-order chi connectivity index (χ0) is 16.5. The fourth-order valence-corrected chi connectivity index (χ4v) is 2.77. The van der Waals surface area contributed by atoms with Gasteiger partial charge in [0.25, 0.3) is 5.91 Å². The van der Waals surface area contributed by atoms with Gasteiger partial charge < -0.3 is 14.6 Å². The third-order valence-corrected chi connectivity index (χ3v) is 4.45. The maximum absolute atomic E-state index is 12.4. The van der Waals surface area contributed by atoms with E-state index in [0.29, 0.717) is 11.7 Å². The Labute approximate surface area is 140 Å². The standard InChI is InChI=1S/C19H19N3O2/c1-22-12-20-17-10-7-14(11-18(17)22)21-19(23)13-5-8-16(9-6-13)24-15-3-2-4-15/h5-12,15H,2-4H2,1H3,(H,21,23). The van der Waals surface area contributed by atoms with Crippen molar-refractivity contribution in [1.29, 1.82) is 0 Å². The number of nitrogens with zero attached hydrogens (tertiary/aromatic N) is 2. The lowest BCUT2D eigenvalue weighted by atomic mass is 9.96. The number of hydrogen-bond acceptors (Lipinski definition) is 3. The van der Waals surface area contributed by atoms with Gasteiger partial charge in [-0.3, -0.25) is 4.79 Å². The molecule has 5 heteroatoms. The Kier molecular flexibility index (Phi) is 3.69. The van der Waals surface area contributed by atoms with E-state index in [4.69, 9.17) is 4.74 Å². The topological polar surface area (TPSA) is 56.2 Å². The molecule has 0 unspecified atom stereocenters. The molecule has 0 saturated heterocycles. The first-order valence-corrected chi connectivity index (χ1v) is 8.18. The third kappa shape index (κ3) is 2.85. The lowest BCUT2D eigenvalue weighted by Gasteiger charge is -2.26. The molecule has 0 bridgehead atoms. The number of fused-ring (bicyclic) bond motifs is 1. The SMILES string of the molecule is Cn1cnc2ccc(NC(=O)c3ccc(OC4CCC4)cc3)cc21. The molecule has 1 saturated carbocycles. The van der Waals surface area contributed by atoms with Gasteiger partial charge >= 0.3 is 0 Å². The number of nitrogens with one attached hydrogen (secondary N) is 1. The molecule has 5 nitrogen and oxygen atoms in total. The Hall–Kier alpha value is -2.82. The zero-order valence-electron chi connectivity index (χ0n) is 13.5. The highest BCUT2D eigenvalue weighted by Gasteiger charge is 2.19. The van der Waals surface area contributed by atoms with E-state index < -0.39 is 0 Å². The second-order valence-electron chi connectivity index (χ2n) is 6.21. The molecule has 1 fully saturated rings. The van der Waals surface area contributed by atoms with Crippen LogP contribution in [0, 0.1) is 0 Å². The van der Waals surface area contributed by atoms with E-state index >= 15 is 0 Å². The first kappa shape index (κ1) is 14.8. The summed E-state index contributed by atoms with van der Waals surface area (Å²) >= 11 is 0. The maximum Gasteiger partial charge on any atom is 0.255 e. The Morgan fingerprint density at radius 3 is 2.71 bits per heavy atom. The van der Waals surface area contributed by atoms with Gasteiger partial charge in [-0.15, -0.1) is 0 Å². The molecule has 0 atom stereocenters. The van der Waals surface area contributed by atoms with Crippen molar-refractivity contribution in [2.24, 2.45) is 7.05 Å². The Bertz CT molecular complexity index is 879. The van der Waals surface area contributed by atoms with Crippen LogP contribution in [0.2, 0.25) is 0 Å².